The van der Waals surface area contributed by atoms with E-state index in [0.717, 1.165) is 44.9 Å². The molecular formula is C46H84NO8P. The van der Waals surface area contributed by atoms with E-state index in [0.29, 0.717) is 30.3 Å². The second-order valence-corrected chi connectivity index (χ2v) is 17.5. The predicted molar refractivity (Wildman–Crippen MR) is 231 cm³/mol. The SMILES string of the molecule is CCCCC/C=C\C/C=C\C/C=C\C/C=C\CCCC(=O)O[C@@H](CO)C(OP(=O)([O-])OCC[N+](C)(C)C)C(=O)CCCCCCCCCCCCCCCCC. The van der Waals surface area contributed by atoms with Crippen molar-refractivity contribution in [3.05, 3.63) is 48.6 Å². The van der Waals surface area contributed by atoms with Crippen molar-refractivity contribution in [2.45, 2.75) is 193 Å². The monoisotopic (exact) mass is 810 g/mol. The summed E-state index contributed by atoms with van der Waals surface area (Å²) >= 11 is 0. The van der Waals surface area contributed by atoms with Crippen molar-refractivity contribution in [1.82, 2.24) is 0 Å². The van der Waals surface area contributed by atoms with Gasteiger partial charge in [0.2, 0.25) is 0 Å². The minimum atomic E-state index is -4.93. The number of quaternary nitrogens is 1. The van der Waals surface area contributed by atoms with E-state index in [2.05, 4.69) is 50.3 Å². The number of aliphatic hydroxyl groups is 1. The molecule has 0 bridgehead atoms. The lowest BCUT2D eigenvalue weighted by atomic mass is 10.0. The van der Waals surface area contributed by atoms with Crippen LogP contribution in [0.25, 0.3) is 0 Å². The minimum absolute atomic E-state index is 0.0575. The number of aliphatic hydroxyl groups excluding tert-OH is 1. The number of carbonyl (C=O) groups excluding carboxylic acids is 2. The normalized spacial score (nSPS) is 14.7. The Hall–Kier alpha value is -1.87. The molecule has 1 N–H and O–H groups in total. The van der Waals surface area contributed by atoms with E-state index in [1.165, 1.54) is 89.9 Å². The summed E-state index contributed by atoms with van der Waals surface area (Å²) in [6.45, 7) is 3.97. The molecule has 326 valence electrons. The highest BCUT2D eigenvalue weighted by Gasteiger charge is 2.35. The first-order chi connectivity index (χ1) is 27.0. The highest BCUT2D eigenvalue weighted by Crippen LogP contribution is 2.41. The Morgan fingerprint density at radius 2 is 1.05 bits per heavy atom. The van der Waals surface area contributed by atoms with Crippen LogP contribution in [0.15, 0.2) is 48.6 Å². The molecule has 3 atom stereocenters. The van der Waals surface area contributed by atoms with E-state index >= 15 is 0 Å². The van der Waals surface area contributed by atoms with Gasteiger partial charge in [-0.2, -0.15) is 0 Å². The molecule has 0 saturated carbocycles. The zero-order valence-corrected chi connectivity index (χ0v) is 37.4. The summed E-state index contributed by atoms with van der Waals surface area (Å²) in [6, 6.07) is 0. The Morgan fingerprint density at radius 1 is 0.625 bits per heavy atom. The van der Waals surface area contributed by atoms with E-state index < -0.39 is 38.4 Å². The molecule has 0 aliphatic carbocycles. The van der Waals surface area contributed by atoms with Gasteiger partial charge in [0.05, 0.1) is 27.7 Å². The number of likely N-dealkylation sites (N-methyl/N-ethyl adjacent to an activating group) is 1. The molecule has 0 radical (unpaired) electrons. The number of hydrogen-bond acceptors (Lipinski definition) is 8. The number of unbranched alkanes of at least 4 members (excludes halogenated alkanes) is 18. The summed E-state index contributed by atoms with van der Waals surface area (Å²) in [7, 11) is 0.756. The van der Waals surface area contributed by atoms with Crippen LogP contribution >= 0.6 is 7.82 Å². The molecule has 9 nitrogen and oxygen atoms in total. The average Bonchev–Trinajstić information content (AvgIpc) is 3.15. The van der Waals surface area contributed by atoms with Crippen molar-refractivity contribution in [3.8, 4) is 0 Å². The van der Waals surface area contributed by atoms with E-state index in [-0.39, 0.29) is 19.4 Å². The fourth-order valence-corrected chi connectivity index (χ4v) is 6.99. The van der Waals surface area contributed by atoms with Gasteiger partial charge in [-0.05, 0) is 51.4 Å². The molecule has 0 aromatic heterocycles. The molecule has 0 heterocycles. The van der Waals surface area contributed by atoms with Gasteiger partial charge in [-0.25, -0.2) is 0 Å². The first kappa shape index (κ1) is 54.1. The summed E-state index contributed by atoms with van der Waals surface area (Å²) in [5.41, 5.74) is 0. The number of carbonyl (C=O) groups is 2. The molecule has 0 aliphatic rings. The van der Waals surface area contributed by atoms with Crippen LogP contribution in [0.2, 0.25) is 0 Å². The van der Waals surface area contributed by atoms with Gasteiger partial charge >= 0.3 is 5.97 Å². The molecule has 0 spiro atoms. The fraction of sp³-hybridized carbons (Fsp3) is 0.783. The van der Waals surface area contributed by atoms with Crippen molar-refractivity contribution in [2.75, 3.05) is 40.9 Å². The van der Waals surface area contributed by atoms with Crippen molar-refractivity contribution < 1.29 is 42.4 Å². The van der Waals surface area contributed by atoms with Crippen LogP contribution in [0.3, 0.4) is 0 Å². The van der Waals surface area contributed by atoms with E-state index in [9.17, 15) is 24.2 Å². The average molecular weight is 810 g/mol. The number of Topliss-reactive ketones (excluding diaryl/α,β-unsaturated/α-hetero) is 1. The first-order valence-electron chi connectivity index (χ1n) is 22.3. The van der Waals surface area contributed by atoms with Gasteiger partial charge in [0.1, 0.15) is 13.2 Å². The Balaban J connectivity index is 4.71. The molecule has 0 saturated heterocycles. The Kier molecular flexibility index (Phi) is 36.2. The van der Waals surface area contributed by atoms with Gasteiger partial charge < -0.3 is 28.3 Å². The summed E-state index contributed by atoms with van der Waals surface area (Å²) in [5.74, 6) is -1.15. The lowest BCUT2D eigenvalue weighted by Crippen LogP contribution is -2.43. The molecule has 0 fully saturated rings. The standard InChI is InChI=1S/C46H84NO8P/c1-6-8-10-12-14-16-18-20-22-23-25-27-29-31-33-35-37-39-45(50)54-44(42-48)46(55-56(51,52)53-41-40-47(3,4)5)43(49)38-36-34-32-30-28-26-24-21-19-17-15-13-11-9-7-2/h14,16,20,22,25,27,31,33,44,46,48H,6-13,15,17-19,21,23-24,26,28-30,32,34-42H2,1-5H3/b16-14-,22-20-,27-25-,33-31-/t44-,46?/m0/s1. The predicted octanol–water partition coefficient (Wildman–Crippen LogP) is 11.4. The van der Waals surface area contributed by atoms with Crippen LogP contribution < -0.4 is 4.89 Å². The number of phosphoric acid groups is 1. The minimum Gasteiger partial charge on any atom is -0.756 e. The van der Waals surface area contributed by atoms with E-state index in [1.54, 1.807) is 0 Å². The van der Waals surface area contributed by atoms with Gasteiger partial charge in [-0.15, -0.1) is 0 Å². The Morgan fingerprint density at radius 3 is 1.52 bits per heavy atom. The van der Waals surface area contributed by atoms with E-state index in [4.69, 9.17) is 13.8 Å². The molecule has 0 aliphatic heterocycles. The number of hydrogen-bond donors (Lipinski definition) is 1. The van der Waals surface area contributed by atoms with Crippen LogP contribution in [-0.4, -0.2) is 74.5 Å². The van der Waals surface area contributed by atoms with Crippen LogP contribution in [0.4, 0.5) is 0 Å². The molecule has 0 amide bonds. The number of nitrogens with zero attached hydrogens (tertiary/aromatic N) is 1. The summed E-state index contributed by atoms with van der Waals surface area (Å²) in [6.07, 6.45) is 40.8. The molecular weight excluding hydrogens is 725 g/mol. The van der Waals surface area contributed by atoms with Crippen molar-refractivity contribution in [3.63, 3.8) is 0 Å². The smallest absolute Gasteiger partial charge is 0.306 e. The summed E-state index contributed by atoms with van der Waals surface area (Å²) in [5, 5.41) is 10.1. The lowest BCUT2D eigenvalue weighted by molar-refractivity contribution is -0.870. The maximum Gasteiger partial charge on any atom is 0.306 e. The highest BCUT2D eigenvalue weighted by atomic mass is 31.2. The van der Waals surface area contributed by atoms with Gasteiger partial charge in [-0.1, -0.05) is 165 Å². The Labute approximate surface area is 343 Å². The topological polar surface area (TPSA) is 122 Å². The number of ketones is 1. The summed E-state index contributed by atoms with van der Waals surface area (Å²) in [4.78, 5) is 38.8. The second kappa shape index (κ2) is 37.4. The van der Waals surface area contributed by atoms with Crippen molar-refractivity contribution in [2.24, 2.45) is 0 Å². The lowest BCUT2D eigenvalue weighted by Gasteiger charge is -2.32. The van der Waals surface area contributed by atoms with Gasteiger partial charge in [-0.3, -0.25) is 14.2 Å². The molecule has 0 aromatic carbocycles. The van der Waals surface area contributed by atoms with Gasteiger partial charge in [0.15, 0.2) is 18.0 Å². The second-order valence-electron chi connectivity index (χ2n) is 16.2. The van der Waals surface area contributed by atoms with Crippen LogP contribution in [0, 0.1) is 0 Å². The molecule has 56 heavy (non-hydrogen) atoms. The third-order valence-electron chi connectivity index (χ3n) is 9.61. The first-order valence-corrected chi connectivity index (χ1v) is 23.8. The molecule has 0 aromatic rings. The van der Waals surface area contributed by atoms with Crippen LogP contribution in [0.1, 0.15) is 181 Å². The number of esters is 1. The van der Waals surface area contributed by atoms with Gasteiger partial charge in [0, 0.05) is 12.8 Å². The van der Waals surface area contributed by atoms with Crippen molar-refractivity contribution in [1.29, 1.82) is 0 Å². The van der Waals surface area contributed by atoms with Gasteiger partial charge in [0.25, 0.3) is 7.82 Å². The van der Waals surface area contributed by atoms with E-state index in [1.807, 2.05) is 33.3 Å². The quantitative estimate of drug-likeness (QED) is 0.0213. The third-order valence-corrected chi connectivity index (χ3v) is 10.6. The molecule has 10 heteroatoms. The highest BCUT2D eigenvalue weighted by molar-refractivity contribution is 7.45. The third kappa shape index (κ3) is 36.5. The number of ether oxygens (including phenoxy) is 1. The summed E-state index contributed by atoms with van der Waals surface area (Å²) < 4.78 is 29.0. The molecule has 2 unspecified atom stereocenters. The van der Waals surface area contributed by atoms with Crippen LogP contribution in [0.5, 0.6) is 0 Å². The van der Waals surface area contributed by atoms with Crippen molar-refractivity contribution >= 4 is 19.6 Å². The zero-order valence-electron chi connectivity index (χ0n) is 36.5. The molecule has 0 rings (SSSR count). The Bertz CT molecular complexity index is 1110. The number of allylic oxidation sites excluding steroid dienone is 8. The largest absolute Gasteiger partial charge is 0.756 e. The maximum absolute atomic E-state index is 13.3. The zero-order chi connectivity index (χ0) is 41.6. The maximum atomic E-state index is 13.3. The number of phosphoric ester groups is 1. The van der Waals surface area contributed by atoms with Crippen LogP contribution in [-0.2, 0) is 27.9 Å². The number of rotatable bonds is 40. The fourth-order valence-electron chi connectivity index (χ4n) is 6.09.